The maximum atomic E-state index is 13.5. The average molecular weight is 507 g/mol. The topological polar surface area (TPSA) is 98.0 Å². The quantitative estimate of drug-likeness (QED) is 0.331. The van der Waals surface area contributed by atoms with E-state index in [-0.39, 0.29) is 29.6 Å². The lowest BCUT2D eigenvalue weighted by Crippen LogP contribution is -2.39. The minimum atomic E-state index is -0.495. The van der Waals surface area contributed by atoms with Crippen molar-refractivity contribution in [3.8, 4) is 5.75 Å². The number of fused-ring (bicyclic) bond motifs is 1. The summed E-state index contributed by atoms with van der Waals surface area (Å²) < 4.78 is 11.8. The van der Waals surface area contributed by atoms with Crippen molar-refractivity contribution in [2.75, 3.05) is 51.4 Å². The summed E-state index contributed by atoms with van der Waals surface area (Å²) in [5.74, 6) is 0.338. The molecule has 1 aromatic heterocycles. The molecule has 182 valence electrons. The fourth-order valence-electron chi connectivity index (χ4n) is 3.85. The number of carbonyl (C=O) groups excluding carboxylic acids is 1. The summed E-state index contributed by atoms with van der Waals surface area (Å²) in [6.45, 7) is 6.44. The van der Waals surface area contributed by atoms with E-state index in [1.807, 2.05) is 19.1 Å². The van der Waals surface area contributed by atoms with Crippen LogP contribution in [0.15, 0.2) is 36.4 Å². The summed E-state index contributed by atoms with van der Waals surface area (Å²) in [7, 11) is 1.59. The molecule has 2 heterocycles. The van der Waals surface area contributed by atoms with Gasteiger partial charge in [0.05, 0.1) is 29.9 Å². The molecule has 1 aliphatic rings. The van der Waals surface area contributed by atoms with Gasteiger partial charge in [-0.25, -0.2) is 4.98 Å². The van der Waals surface area contributed by atoms with Crippen LogP contribution in [0.25, 0.3) is 10.2 Å². The number of non-ortho nitro benzene ring substituents is 1. The second-order valence-electron chi connectivity index (χ2n) is 7.83. The van der Waals surface area contributed by atoms with Gasteiger partial charge in [-0.3, -0.25) is 24.7 Å². The van der Waals surface area contributed by atoms with Gasteiger partial charge in [-0.1, -0.05) is 23.5 Å². The zero-order valence-electron chi connectivity index (χ0n) is 19.1. The van der Waals surface area contributed by atoms with Gasteiger partial charge in [0.15, 0.2) is 5.13 Å². The molecule has 0 bridgehead atoms. The third-order valence-corrected chi connectivity index (χ3v) is 6.87. The summed E-state index contributed by atoms with van der Waals surface area (Å²) in [4.78, 5) is 32.9. The van der Waals surface area contributed by atoms with Crippen molar-refractivity contribution < 1.29 is 19.2 Å². The van der Waals surface area contributed by atoms with E-state index >= 15 is 0 Å². The van der Waals surface area contributed by atoms with Gasteiger partial charge in [0.25, 0.3) is 11.6 Å². The molecule has 0 spiro atoms. The van der Waals surface area contributed by atoms with E-state index in [0.717, 1.165) is 36.3 Å². The van der Waals surface area contributed by atoms with Crippen LogP contribution in [0.3, 0.4) is 0 Å². The number of amides is 1. The zero-order chi connectivity index (χ0) is 23.4. The number of ether oxygens (including phenoxy) is 2. The number of rotatable bonds is 8. The molecule has 11 heteroatoms. The lowest BCUT2D eigenvalue weighted by Gasteiger charge is -2.27. The van der Waals surface area contributed by atoms with Crippen molar-refractivity contribution in [3.63, 3.8) is 0 Å². The molecule has 4 rings (SSSR count). The number of carbonyl (C=O) groups is 1. The molecular formula is C23H27ClN4O5S. The third kappa shape index (κ3) is 5.64. The maximum Gasteiger partial charge on any atom is 0.270 e. The van der Waals surface area contributed by atoms with Crippen molar-refractivity contribution in [2.45, 2.75) is 13.3 Å². The van der Waals surface area contributed by atoms with Gasteiger partial charge >= 0.3 is 0 Å². The smallest absolute Gasteiger partial charge is 0.270 e. The number of hydrogen-bond donors (Lipinski definition) is 0. The van der Waals surface area contributed by atoms with Gasteiger partial charge in [-0.05, 0) is 31.0 Å². The second kappa shape index (κ2) is 11.6. The normalized spacial score (nSPS) is 13.9. The summed E-state index contributed by atoms with van der Waals surface area (Å²) in [5.41, 5.74) is 1.91. The molecule has 1 amide bonds. The van der Waals surface area contributed by atoms with E-state index in [0.29, 0.717) is 36.2 Å². The Balaban J connectivity index is 0.00000324. The Bertz CT molecular complexity index is 1170. The van der Waals surface area contributed by atoms with Crippen molar-refractivity contribution in [2.24, 2.45) is 0 Å². The molecule has 1 fully saturated rings. The summed E-state index contributed by atoms with van der Waals surface area (Å²) >= 11 is 1.43. The Hall–Kier alpha value is -2.79. The van der Waals surface area contributed by atoms with Gasteiger partial charge in [-0.2, -0.15) is 0 Å². The van der Waals surface area contributed by atoms with Crippen LogP contribution in [-0.4, -0.2) is 67.2 Å². The number of nitro groups is 1. The lowest BCUT2D eigenvalue weighted by atomic mass is 10.1. The minimum absolute atomic E-state index is 0. The van der Waals surface area contributed by atoms with Crippen molar-refractivity contribution in [1.29, 1.82) is 0 Å². The highest BCUT2D eigenvalue weighted by atomic mass is 35.5. The van der Waals surface area contributed by atoms with Crippen LogP contribution in [0.5, 0.6) is 5.75 Å². The Morgan fingerprint density at radius 1 is 1.29 bits per heavy atom. The molecular weight excluding hydrogens is 480 g/mol. The summed E-state index contributed by atoms with van der Waals surface area (Å²) in [6.07, 6.45) is 0.743. The third-order valence-electron chi connectivity index (χ3n) is 5.65. The number of hydrogen-bond acceptors (Lipinski definition) is 8. The summed E-state index contributed by atoms with van der Waals surface area (Å²) in [6, 6.07) is 9.66. The predicted octanol–water partition coefficient (Wildman–Crippen LogP) is 4.31. The lowest BCUT2D eigenvalue weighted by molar-refractivity contribution is -0.384. The van der Waals surface area contributed by atoms with Crippen LogP contribution in [0.1, 0.15) is 22.3 Å². The Morgan fingerprint density at radius 2 is 2.06 bits per heavy atom. The molecule has 0 N–H and O–H groups in total. The van der Waals surface area contributed by atoms with Crippen LogP contribution >= 0.6 is 23.7 Å². The molecule has 9 nitrogen and oxygen atoms in total. The number of benzene rings is 2. The van der Waals surface area contributed by atoms with E-state index in [1.54, 1.807) is 18.1 Å². The van der Waals surface area contributed by atoms with E-state index in [4.69, 9.17) is 14.5 Å². The van der Waals surface area contributed by atoms with Crippen molar-refractivity contribution in [1.82, 2.24) is 9.88 Å². The first-order valence-electron chi connectivity index (χ1n) is 10.8. The van der Waals surface area contributed by atoms with E-state index in [1.165, 1.54) is 29.5 Å². The molecule has 1 saturated heterocycles. The molecule has 0 aliphatic carbocycles. The number of morpholine rings is 1. The first-order valence-corrected chi connectivity index (χ1v) is 11.6. The molecule has 34 heavy (non-hydrogen) atoms. The first kappa shape index (κ1) is 25.8. The van der Waals surface area contributed by atoms with Gasteiger partial charge in [0.2, 0.25) is 0 Å². The number of anilines is 1. The van der Waals surface area contributed by atoms with Gasteiger partial charge in [0, 0.05) is 43.9 Å². The van der Waals surface area contributed by atoms with Crippen molar-refractivity contribution >= 4 is 50.7 Å². The Morgan fingerprint density at radius 3 is 2.76 bits per heavy atom. The van der Waals surface area contributed by atoms with Crippen LogP contribution in [0, 0.1) is 17.0 Å². The number of halogens is 1. The SMILES string of the molecule is COc1ccc(C)c2sc(N(CCCN3CCOCC3)C(=O)c3cccc([N+](=O)[O-])c3)nc12.Cl. The molecule has 0 radical (unpaired) electrons. The number of methoxy groups -OCH3 is 1. The van der Waals surface area contributed by atoms with Crippen LogP contribution in [0.4, 0.5) is 10.8 Å². The van der Waals surface area contributed by atoms with E-state index < -0.39 is 4.92 Å². The molecule has 0 saturated carbocycles. The minimum Gasteiger partial charge on any atom is -0.494 e. The Labute approximate surface area is 207 Å². The van der Waals surface area contributed by atoms with Gasteiger partial charge in [0.1, 0.15) is 11.3 Å². The standard InChI is InChI=1S/C23H26N4O5S.ClH/c1-16-7-8-19(31-2)20-21(16)33-23(24-20)26(10-4-9-25-11-13-32-14-12-25)22(28)17-5-3-6-18(15-17)27(29)30;/h3,5-8,15H,4,9-14H2,1-2H3;1H. The largest absolute Gasteiger partial charge is 0.494 e. The van der Waals surface area contributed by atoms with E-state index in [2.05, 4.69) is 4.90 Å². The highest BCUT2D eigenvalue weighted by Crippen LogP contribution is 2.37. The highest BCUT2D eigenvalue weighted by molar-refractivity contribution is 7.22. The number of aromatic nitrogens is 1. The molecule has 3 aromatic rings. The number of nitro benzene ring substituents is 1. The summed E-state index contributed by atoms with van der Waals surface area (Å²) in [5, 5.41) is 11.8. The van der Waals surface area contributed by atoms with E-state index in [9.17, 15) is 14.9 Å². The van der Waals surface area contributed by atoms with Crippen LogP contribution in [-0.2, 0) is 4.74 Å². The van der Waals surface area contributed by atoms with Crippen molar-refractivity contribution in [3.05, 3.63) is 57.6 Å². The number of nitrogens with zero attached hydrogens (tertiary/aromatic N) is 4. The Kier molecular flexibility index (Phi) is 8.78. The van der Waals surface area contributed by atoms with Gasteiger partial charge < -0.3 is 9.47 Å². The zero-order valence-corrected chi connectivity index (χ0v) is 20.7. The average Bonchev–Trinajstić information content (AvgIpc) is 3.28. The molecule has 0 unspecified atom stereocenters. The fourth-order valence-corrected chi connectivity index (χ4v) is 4.92. The molecule has 0 atom stereocenters. The fraction of sp³-hybridized carbons (Fsp3) is 0.391. The monoisotopic (exact) mass is 506 g/mol. The second-order valence-corrected chi connectivity index (χ2v) is 8.81. The van der Waals surface area contributed by atoms with Crippen LogP contribution < -0.4 is 9.64 Å². The number of thiazole rings is 1. The highest BCUT2D eigenvalue weighted by Gasteiger charge is 2.24. The predicted molar refractivity (Wildman–Crippen MR) is 135 cm³/mol. The molecule has 2 aromatic carbocycles. The first-order chi connectivity index (χ1) is 16.0. The maximum absolute atomic E-state index is 13.5. The molecule has 1 aliphatic heterocycles. The number of aryl methyl sites for hydroxylation is 1. The van der Waals surface area contributed by atoms with Gasteiger partial charge in [-0.15, -0.1) is 12.4 Å². The van der Waals surface area contributed by atoms with Crippen LogP contribution in [0.2, 0.25) is 0 Å².